The first-order chi connectivity index (χ1) is 9.82. The van der Waals surface area contributed by atoms with Gasteiger partial charge in [0.2, 0.25) is 0 Å². The van der Waals surface area contributed by atoms with E-state index >= 15 is 0 Å². The summed E-state index contributed by atoms with van der Waals surface area (Å²) in [5.41, 5.74) is -0.359. The third-order valence-electron chi connectivity index (χ3n) is 3.50. The van der Waals surface area contributed by atoms with E-state index in [0.717, 1.165) is 4.90 Å². The maximum atomic E-state index is 12.2. The second-order valence-electron chi connectivity index (χ2n) is 5.32. The number of hydrogen-bond acceptors (Lipinski definition) is 3. The summed E-state index contributed by atoms with van der Waals surface area (Å²) in [6.07, 6.45) is 0.110. The first-order valence-corrected chi connectivity index (χ1v) is 6.77. The van der Waals surface area contributed by atoms with Crippen LogP contribution in [0.1, 0.15) is 23.7 Å². The molecule has 1 aromatic rings. The molecule has 1 heterocycles. The van der Waals surface area contributed by atoms with E-state index in [1.165, 1.54) is 0 Å². The number of benzene rings is 1. The molecule has 2 rings (SSSR count). The number of nitrogens with one attached hydrogen (secondary N) is 1. The highest BCUT2D eigenvalue weighted by molar-refractivity contribution is 6.63. The molecule has 6 nitrogen and oxygen atoms in total. The number of nitrogens with zero attached hydrogens (tertiary/aromatic N) is 1. The van der Waals surface area contributed by atoms with Gasteiger partial charge in [-0.25, -0.2) is 4.79 Å². The lowest BCUT2D eigenvalue weighted by atomic mass is 9.98. The van der Waals surface area contributed by atoms with Crippen molar-refractivity contribution in [1.82, 2.24) is 10.2 Å². The summed E-state index contributed by atoms with van der Waals surface area (Å²) in [5, 5.41) is 11.1. The molecule has 1 aromatic carbocycles. The zero-order valence-corrected chi connectivity index (χ0v) is 12.1. The summed E-state index contributed by atoms with van der Waals surface area (Å²) in [6, 6.07) is 7.55. The van der Waals surface area contributed by atoms with Gasteiger partial charge in [0.1, 0.15) is 6.04 Å². The Bertz CT molecular complexity index is 554. The van der Waals surface area contributed by atoms with Gasteiger partial charge in [0.05, 0.1) is 5.54 Å². The van der Waals surface area contributed by atoms with Crippen molar-refractivity contribution in [3.63, 3.8) is 0 Å². The number of hydrogen-bond donors (Lipinski definition) is 2. The second-order valence-corrected chi connectivity index (χ2v) is 5.64. The van der Waals surface area contributed by atoms with Crippen LogP contribution in [0.3, 0.4) is 0 Å². The molecule has 2 atom stereocenters. The van der Waals surface area contributed by atoms with E-state index < -0.39 is 22.9 Å². The quantitative estimate of drug-likeness (QED) is 0.657. The SMILES string of the molecule is C[C@@]1(NC(=O)c2ccccc2)C[C@@H](C(=O)O)N(C(=O)Cl)C1. The van der Waals surface area contributed by atoms with Crippen molar-refractivity contribution in [2.75, 3.05) is 6.54 Å². The number of rotatable bonds is 3. The fraction of sp³-hybridized carbons (Fsp3) is 0.357. The van der Waals surface area contributed by atoms with Gasteiger partial charge in [-0.05, 0) is 30.7 Å². The van der Waals surface area contributed by atoms with Crippen molar-refractivity contribution in [2.45, 2.75) is 24.9 Å². The zero-order valence-electron chi connectivity index (χ0n) is 11.4. The Labute approximate surface area is 126 Å². The number of carbonyl (C=O) groups excluding carboxylic acids is 2. The van der Waals surface area contributed by atoms with Crippen molar-refractivity contribution in [1.29, 1.82) is 0 Å². The van der Waals surface area contributed by atoms with Crippen molar-refractivity contribution in [2.24, 2.45) is 0 Å². The number of carbonyl (C=O) groups is 3. The Hall–Kier alpha value is -2.08. The summed E-state index contributed by atoms with van der Waals surface area (Å²) in [6.45, 7) is 1.76. The summed E-state index contributed by atoms with van der Waals surface area (Å²) >= 11 is 5.41. The van der Waals surface area contributed by atoms with Gasteiger partial charge in [-0.1, -0.05) is 18.2 Å². The van der Waals surface area contributed by atoms with Gasteiger partial charge in [0.25, 0.3) is 5.91 Å². The van der Waals surface area contributed by atoms with Crippen LogP contribution in [0.25, 0.3) is 0 Å². The molecule has 0 aliphatic carbocycles. The molecule has 1 saturated heterocycles. The highest BCUT2D eigenvalue weighted by Crippen LogP contribution is 2.28. The molecule has 0 saturated carbocycles. The number of likely N-dealkylation sites (tertiary alicyclic amines) is 1. The number of aliphatic carboxylic acids is 1. The first-order valence-electron chi connectivity index (χ1n) is 6.39. The topological polar surface area (TPSA) is 86.7 Å². The number of halogens is 1. The molecule has 2 N–H and O–H groups in total. The number of carboxylic acid groups (broad SMARTS) is 1. The van der Waals surface area contributed by atoms with Crippen LogP contribution in [0.15, 0.2) is 30.3 Å². The monoisotopic (exact) mass is 310 g/mol. The molecule has 1 aliphatic rings. The maximum absolute atomic E-state index is 12.2. The number of carboxylic acids is 1. The van der Waals surface area contributed by atoms with Gasteiger partial charge in [-0.15, -0.1) is 0 Å². The van der Waals surface area contributed by atoms with Crippen LogP contribution in [-0.4, -0.2) is 45.4 Å². The van der Waals surface area contributed by atoms with E-state index in [0.29, 0.717) is 5.56 Å². The Kier molecular flexibility index (Phi) is 4.18. The Morgan fingerprint density at radius 3 is 2.43 bits per heavy atom. The highest BCUT2D eigenvalue weighted by atomic mass is 35.5. The Morgan fingerprint density at radius 1 is 1.33 bits per heavy atom. The minimum Gasteiger partial charge on any atom is -0.480 e. The lowest BCUT2D eigenvalue weighted by Gasteiger charge is -2.25. The third-order valence-corrected chi connectivity index (χ3v) is 3.72. The predicted octanol–water partition coefficient (Wildman–Crippen LogP) is 1.69. The molecular weight excluding hydrogens is 296 g/mol. The van der Waals surface area contributed by atoms with E-state index in [1.54, 1.807) is 37.3 Å². The fourth-order valence-corrected chi connectivity index (χ4v) is 2.70. The molecule has 1 aliphatic heterocycles. The summed E-state index contributed by atoms with van der Waals surface area (Å²) in [7, 11) is 0. The van der Waals surface area contributed by atoms with Crippen LogP contribution in [0.4, 0.5) is 4.79 Å². The molecule has 112 valence electrons. The molecular formula is C14H15ClN2O4. The Morgan fingerprint density at radius 2 is 1.95 bits per heavy atom. The van der Waals surface area contributed by atoms with Gasteiger partial charge < -0.3 is 15.3 Å². The molecule has 0 unspecified atom stereocenters. The standard InChI is InChI=1S/C14H15ClN2O4/c1-14(16-11(18)9-5-3-2-4-6-9)7-10(12(19)20)17(8-14)13(15)21/h2-6,10H,7-8H2,1H3,(H,16,18)(H,19,20)/t10-,14+/m0/s1. The van der Waals surface area contributed by atoms with Crippen LogP contribution in [0.5, 0.6) is 0 Å². The molecule has 21 heavy (non-hydrogen) atoms. The lowest BCUT2D eigenvalue weighted by Crippen LogP contribution is -2.48. The predicted molar refractivity (Wildman–Crippen MR) is 76.3 cm³/mol. The second kappa shape index (κ2) is 5.73. The normalized spacial score (nSPS) is 24.7. The van der Waals surface area contributed by atoms with E-state index in [2.05, 4.69) is 5.32 Å². The summed E-state index contributed by atoms with van der Waals surface area (Å²) in [4.78, 5) is 35.7. The molecule has 1 fully saturated rings. The smallest absolute Gasteiger partial charge is 0.326 e. The van der Waals surface area contributed by atoms with Crippen LogP contribution >= 0.6 is 11.6 Å². The third kappa shape index (κ3) is 3.33. The Balaban J connectivity index is 2.15. The van der Waals surface area contributed by atoms with Crippen LogP contribution in [0.2, 0.25) is 0 Å². The zero-order chi connectivity index (χ0) is 15.6. The number of amides is 2. The maximum Gasteiger partial charge on any atom is 0.326 e. The van der Waals surface area contributed by atoms with E-state index in [1.807, 2.05) is 0 Å². The van der Waals surface area contributed by atoms with Crippen molar-refractivity contribution in [3.05, 3.63) is 35.9 Å². The molecule has 0 spiro atoms. The molecule has 7 heteroatoms. The average Bonchev–Trinajstić information content (AvgIpc) is 2.78. The van der Waals surface area contributed by atoms with Crippen LogP contribution in [0, 0.1) is 0 Å². The van der Waals surface area contributed by atoms with Crippen molar-refractivity contribution < 1.29 is 19.5 Å². The highest BCUT2D eigenvalue weighted by Gasteiger charge is 2.46. The van der Waals surface area contributed by atoms with Crippen LogP contribution < -0.4 is 5.32 Å². The van der Waals surface area contributed by atoms with Gasteiger partial charge in [-0.2, -0.15) is 0 Å². The first kappa shape index (κ1) is 15.3. The minimum atomic E-state index is -1.14. The minimum absolute atomic E-state index is 0.0604. The van der Waals surface area contributed by atoms with Gasteiger partial charge >= 0.3 is 11.3 Å². The van der Waals surface area contributed by atoms with E-state index in [-0.39, 0.29) is 18.9 Å². The summed E-state index contributed by atoms with van der Waals surface area (Å²) < 4.78 is 0. The lowest BCUT2D eigenvalue weighted by molar-refractivity contribution is -0.141. The van der Waals surface area contributed by atoms with Gasteiger partial charge in [0.15, 0.2) is 0 Å². The molecule has 0 aromatic heterocycles. The van der Waals surface area contributed by atoms with E-state index in [9.17, 15) is 14.4 Å². The van der Waals surface area contributed by atoms with Crippen molar-refractivity contribution >= 4 is 28.8 Å². The summed E-state index contributed by atoms with van der Waals surface area (Å²) in [5.74, 6) is -1.45. The van der Waals surface area contributed by atoms with Gasteiger partial charge in [0, 0.05) is 18.5 Å². The van der Waals surface area contributed by atoms with Crippen molar-refractivity contribution in [3.8, 4) is 0 Å². The largest absolute Gasteiger partial charge is 0.480 e. The van der Waals surface area contributed by atoms with Gasteiger partial charge in [-0.3, -0.25) is 9.59 Å². The molecule has 2 amide bonds. The fourth-order valence-electron chi connectivity index (χ4n) is 2.52. The molecule has 0 bridgehead atoms. The van der Waals surface area contributed by atoms with E-state index in [4.69, 9.17) is 16.7 Å². The van der Waals surface area contributed by atoms with Crippen LogP contribution in [-0.2, 0) is 4.79 Å². The average molecular weight is 311 g/mol. The molecule has 0 radical (unpaired) electrons.